The molecule has 2 aromatic rings. The fraction of sp³-hybridized carbons (Fsp3) is 0.294. The number of hydrogen-bond donors (Lipinski definition) is 1. The van der Waals surface area contributed by atoms with Crippen molar-refractivity contribution in [1.29, 1.82) is 0 Å². The minimum atomic E-state index is -0.178. The van der Waals surface area contributed by atoms with E-state index in [1.807, 2.05) is 19.1 Å². The molecule has 3 heteroatoms. The Morgan fingerprint density at radius 1 is 1.15 bits per heavy atom. The number of nitrogens with one attached hydrogen (secondary N) is 1. The van der Waals surface area contributed by atoms with E-state index in [-0.39, 0.29) is 11.9 Å². The van der Waals surface area contributed by atoms with Crippen LogP contribution in [0.15, 0.2) is 42.5 Å². The summed E-state index contributed by atoms with van der Waals surface area (Å²) < 4.78 is 14.5. The molecular weight excluding hydrogens is 364 g/mol. The maximum absolute atomic E-state index is 13.3. The summed E-state index contributed by atoms with van der Waals surface area (Å²) in [6.45, 7) is 5.05. The first kappa shape index (κ1) is 15.4. The number of rotatable bonds is 5. The molecule has 0 heterocycles. The van der Waals surface area contributed by atoms with E-state index in [9.17, 15) is 4.39 Å². The van der Waals surface area contributed by atoms with Crippen molar-refractivity contribution in [3.8, 4) is 0 Å². The normalized spacial score (nSPS) is 12.4. The van der Waals surface area contributed by atoms with Crippen molar-refractivity contribution >= 4 is 22.6 Å². The highest BCUT2D eigenvalue weighted by Gasteiger charge is 2.17. The monoisotopic (exact) mass is 383 g/mol. The van der Waals surface area contributed by atoms with Crippen LogP contribution in [0, 0.1) is 16.3 Å². The van der Waals surface area contributed by atoms with Gasteiger partial charge in [-0.05, 0) is 77.4 Å². The summed E-state index contributed by atoms with van der Waals surface area (Å²) in [5.74, 6) is -0.178. The molecule has 20 heavy (non-hydrogen) atoms. The van der Waals surface area contributed by atoms with E-state index in [0.29, 0.717) is 0 Å². The van der Waals surface area contributed by atoms with Gasteiger partial charge in [-0.1, -0.05) is 31.2 Å². The van der Waals surface area contributed by atoms with Crippen LogP contribution in [0.25, 0.3) is 0 Å². The Morgan fingerprint density at radius 3 is 2.55 bits per heavy atom. The van der Waals surface area contributed by atoms with Gasteiger partial charge >= 0.3 is 0 Å². The number of benzene rings is 2. The molecule has 0 amide bonds. The zero-order valence-corrected chi connectivity index (χ0v) is 13.9. The fourth-order valence-corrected chi connectivity index (χ4v) is 3.05. The zero-order valence-electron chi connectivity index (χ0n) is 11.8. The molecule has 0 saturated heterocycles. The standard InChI is InChI=1S/C17H19FIN/c1-3-10-20-17(15-6-4-5-7-16(15)19)14-9-8-13(18)11-12(14)2/h4-9,11,17,20H,3,10H2,1-2H3. The molecule has 1 unspecified atom stereocenters. The lowest BCUT2D eigenvalue weighted by atomic mass is 9.95. The topological polar surface area (TPSA) is 12.0 Å². The molecule has 0 bridgehead atoms. The van der Waals surface area contributed by atoms with Crippen LogP contribution in [0.5, 0.6) is 0 Å². The largest absolute Gasteiger partial charge is 0.306 e. The van der Waals surface area contributed by atoms with Crippen molar-refractivity contribution in [1.82, 2.24) is 5.32 Å². The van der Waals surface area contributed by atoms with Crippen molar-refractivity contribution in [3.05, 3.63) is 68.5 Å². The Hall–Kier alpha value is -0.940. The predicted octanol–water partition coefficient (Wildman–Crippen LogP) is 4.83. The molecule has 0 aliphatic heterocycles. The van der Waals surface area contributed by atoms with Gasteiger partial charge in [-0.2, -0.15) is 0 Å². The van der Waals surface area contributed by atoms with Crippen molar-refractivity contribution in [2.75, 3.05) is 6.54 Å². The Bertz CT molecular complexity index is 583. The highest BCUT2D eigenvalue weighted by atomic mass is 127. The molecule has 1 atom stereocenters. The molecule has 2 aromatic carbocycles. The highest BCUT2D eigenvalue weighted by molar-refractivity contribution is 14.1. The molecule has 106 valence electrons. The van der Waals surface area contributed by atoms with Gasteiger partial charge < -0.3 is 5.32 Å². The van der Waals surface area contributed by atoms with E-state index in [2.05, 4.69) is 53.0 Å². The average molecular weight is 383 g/mol. The molecule has 0 radical (unpaired) electrons. The second-order valence-electron chi connectivity index (χ2n) is 4.91. The van der Waals surface area contributed by atoms with Gasteiger partial charge in [0.1, 0.15) is 5.82 Å². The Balaban J connectivity index is 2.44. The summed E-state index contributed by atoms with van der Waals surface area (Å²) in [5.41, 5.74) is 3.37. The first-order valence-corrected chi connectivity index (χ1v) is 7.95. The minimum Gasteiger partial charge on any atom is -0.306 e. The molecular formula is C17H19FIN. The van der Waals surface area contributed by atoms with E-state index >= 15 is 0 Å². The number of hydrogen-bond acceptors (Lipinski definition) is 1. The van der Waals surface area contributed by atoms with E-state index in [1.165, 1.54) is 9.13 Å². The first-order valence-electron chi connectivity index (χ1n) is 6.87. The lowest BCUT2D eigenvalue weighted by Gasteiger charge is -2.22. The van der Waals surface area contributed by atoms with Gasteiger partial charge in [0, 0.05) is 3.57 Å². The molecule has 0 saturated carbocycles. The van der Waals surface area contributed by atoms with Gasteiger partial charge in [-0.25, -0.2) is 4.39 Å². The zero-order chi connectivity index (χ0) is 14.5. The van der Waals surface area contributed by atoms with Gasteiger partial charge in [0.05, 0.1) is 6.04 Å². The SMILES string of the molecule is CCCNC(c1ccc(F)cc1C)c1ccccc1I. The lowest BCUT2D eigenvalue weighted by Crippen LogP contribution is -2.24. The van der Waals surface area contributed by atoms with Gasteiger partial charge in [-0.15, -0.1) is 0 Å². The Labute approximate surface area is 133 Å². The van der Waals surface area contributed by atoms with E-state index in [4.69, 9.17) is 0 Å². The van der Waals surface area contributed by atoms with Gasteiger partial charge in [-0.3, -0.25) is 0 Å². The molecule has 0 aliphatic carbocycles. The van der Waals surface area contributed by atoms with Crippen molar-refractivity contribution in [2.24, 2.45) is 0 Å². The summed E-state index contributed by atoms with van der Waals surface area (Å²) in [6, 6.07) is 13.5. The van der Waals surface area contributed by atoms with Crippen LogP contribution in [0.1, 0.15) is 36.1 Å². The van der Waals surface area contributed by atoms with Crippen LogP contribution in [-0.4, -0.2) is 6.54 Å². The lowest BCUT2D eigenvalue weighted by molar-refractivity contribution is 0.588. The minimum absolute atomic E-state index is 0.114. The van der Waals surface area contributed by atoms with E-state index < -0.39 is 0 Å². The van der Waals surface area contributed by atoms with Gasteiger partial charge in [0.25, 0.3) is 0 Å². The van der Waals surface area contributed by atoms with Crippen LogP contribution >= 0.6 is 22.6 Å². The quantitative estimate of drug-likeness (QED) is 0.730. The van der Waals surface area contributed by atoms with E-state index in [0.717, 1.165) is 24.1 Å². The van der Waals surface area contributed by atoms with Crippen molar-refractivity contribution in [3.63, 3.8) is 0 Å². The Morgan fingerprint density at radius 2 is 1.90 bits per heavy atom. The summed E-state index contributed by atoms with van der Waals surface area (Å²) in [6.07, 6.45) is 1.07. The fourth-order valence-electron chi connectivity index (χ4n) is 2.35. The van der Waals surface area contributed by atoms with E-state index in [1.54, 1.807) is 12.1 Å². The van der Waals surface area contributed by atoms with Crippen LogP contribution in [-0.2, 0) is 0 Å². The third-order valence-electron chi connectivity index (χ3n) is 3.36. The molecule has 1 nitrogen and oxygen atoms in total. The molecule has 0 aromatic heterocycles. The smallest absolute Gasteiger partial charge is 0.123 e. The first-order chi connectivity index (χ1) is 9.63. The van der Waals surface area contributed by atoms with Gasteiger partial charge in [0.15, 0.2) is 0 Å². The number of halogens is 2. The summed E-state index contributed by atoms with van der Waals surface area (Å²) >= 11 is 2.36. The molecule has 2 rings (SSSR count). The van der Waals surface area contributed by atoms with Gasteiger partial charge in [0.2, 0.25) is 0 Å². The summed E-state index contributed by atoms with van der Waals surface area (Å²) in [5, 5.41) is 3.58. The van der Waals surface area contributed by atoms with Crippen LogP contribution in [0.4, 0.5) is 4.39 Å². The predicted molar refractivity (Wildman–Crippen MR) is 90.4 cm³/mol. The highest BCUT2D eigenvalue weighted by Crippen LogP contribution is 2.28. The van der Waals surface area contributed by atoms with Crippen molar-refractivity contribution < 1.29 is 4.39 Å². The molecule has 0 aliphatic rings. The van der Waals surface area contributed by atoms with Crippen LogP contribution < -0.4 is 5.32 Å². The number of aryl methyl sites for hydroxylation is 1. The summed E-state index contributed by atoms with van der Waals surface area (Å²) in [7, 11) is 0. The van der Waals surface area contributed by atoms with Crippen LogP contribution in [0.3, 0.4) is 0 Å². The summed E-state index contributed by atoms with van der Waals surface area (Å²) in [4.78, 5) is 0. The Kier molecular flexibility index (Phi) is 5.54. The maximum Gasteiger partial charge on any atom is 0.123 e. The second kappa shape index (κ2) is 7.18. The van der Waals surface area contributed by atoms with Crippen LogP contribution in [0.2, 0.25) is 0 Å². The maximum atomic E-state index is 13.3. The third-order valence-corrected chi connectivity index (χ3v) is 4.34. The third kappa shape index (κ3) is 3.58. The van der Waals surface area contributed by atoms with Crippen molar-refractivity contribution in [2.45, 2.75) is 26.3 Å². The molecule has 0 fully saturated rings. The average Bonchev–Trinajstić information content (AvgIpc) is 2.42. The molecule has 0 spiro atoms. The second-order valence-corrected chi connectivity index (χ2v) is 6.07. The molecule has 1 N–H and O–H groups in total.